The highest BCUT2D eigenvalue weighted by Crippen LogP contribution is 2.23. The molecule has 2 amide bonds. The summed E-state index contributed by atoms with van der Waals surface area (Å²) in [6.45, 7) is 9.25. The summed E-state index contributed by atoms with van der Waals surface area (Å²) in [5.41, 5.74) is 7.42. The van der Waals surface area contributed by atoms with Crippen LogP contribution in [0.4, 0.5) is 11.4 Å². The summed E-state index contributed by atoms with van der Waals surface area (Å²) in [4.78, 5) is 23.8. The molecule has 1 aromatic rings. The van der Waals surface area contributed by atoms with Gasteiger partial charge in [-0.1, -0.05) is 26.8 Å². The zero-order valence-corrected chi connectivity index (χ0v) is 13.4. The molecular weight excluding hydrogens is 266 g/mol. The normalized spacial score (nSPS) is 12.7. The van der Waals surface area contributed by atoms with E-state index < -0.39 is 5.41 Å². The van der Waals surface area contributed by atoms with Gasteiger partial charge in [0, 0.05) is 29.3 Å². The van der Waals surface area contributed by atoms with Gasteiger partial charge in [0.25, 0.3) is 0 Å². The van der Waals surface area contributed by atoms with Gasteiger partial charge in [0.1, 0.15) is 0 Å². The molecule has 116 valence electrons. The number of benzene rings is 1. The number of nitrogens with one attached hydrogen (secondary N) is 2. The molecule has 0 aliphatic rings. The maximum atomic E-state index is 12.1. The molecule has 0 saturated carbocycles. The van der Waals surface area contributed by atoms with Crippen molar-refractivity contribution in [2.45, 2.75) is 47.1 Å². The Balaban J connectivity index is 2.85. The Kier molecular flexibility index (Phi) is 5.49. The number of rotatable bonds is 4. The smallest absolute Gasteiger partial charge is 0.229 e. The van der Waals surface area contributed by atoms with Crippen LogP contribution in [0.25, 0.3) is 0 Å². The Morgan fingerprint density at radius 2 is 1.86 bits per heavy atom. The molecule has 1 unspecified atom stereocenters. The van der Waals surface area contributed by atoms with Crippen molar-refractivity contribution in [3.8, 4) is 0 Å². The third-order valence-electron chi connectivity index (χ3n) is 2.96. The fraction of sp³-hybridized carbons (Fsp3) is 0.500. The summed E-state index contributed by atoms with van der Waals surface area (Å²) < 4.78 is 0. The molecule has 4 N–H and O–H groups in total. The van der Waals surface area contributed by atoms with Crippen LogP contribution in [-0.4, -0.2) is 17.9 Å². The van der Waals surface area contributed by atoms with E-state index in [4.69, 9.17) is 5.73 Å². The third kappa shape index (κ3) is 5.55. The van der Waals surface area contributed by atoms with Crippen molar-refractivity contribution in [2.75, 3.05) is 10.6 Å². The van der Waals surface area contributed by atoms with Gasteiger partial charge >= 0.3 is 0 Å². The van der Waals surface area contributed by atoms with Crippen LogP contribution >= 0.6 is 0 Å². The Morgan fingerprint density at radius 3 is 2.38 bits per heavy atom. The van der Waals surface area contributed by atoms with E-state index in [1.807, 2.05) is 33.8 Å². The topological polar surface area (TPSA) is 84.2 Å². The highest BCUT2D eigenvalue weighted by molar-refractivity contribution is 5.97. The molecule has 0 aliphatic carbocycles. The number of carbonyl (C=O) groups excluding carboxylic acids is 2. The number of nitrogens with two attached hydrogens (primary N) is 1. The van der Waals surface area contributed by atoms with Crippen molar-refractivity contribution in [3.05, 3.63) is 23.8 Å². The quantitative estimate of drug-likeness (QED) is 0.797. The summed E-state index contributed by atoms with van der Waals surface area (Å²) in [6.07, 6.45) is 0.261. The molecule has 0 radical (unpaired) electrons. The molecule has 1 aromatic carbocycles. The van der Waals surface area contributed by atoms with Crippen LogP contribution in [0.15, 0.2) is 18.2 Å². The minimum absolute atomic E-state index is 0.0651. The van der Waals surface area contributed by atoms with Crippen LogP contribution in [0, 0.1) is 12.3 Å². The predicted octanol–water partition coefficient (Wildman–Crippen LogP) is 2.66. The third-order valence-corrected chi connectivity index (χ3v) is 2.96. The first kappa shape index (κ1) is 17.2. The molecule has 5 nitrogen and oxygen atoms in total. The monoisotopic (exact) mass is 291 g/mol. The van der Waals surface area contributed by atoms with Crippen LogP contribution in [0.5, 0.6) is 0 Å². The Hall–Kier alpha value is -1.88. The van der Waals surface area contributed by atoms with Gasteiger partial charge in [-0.15, -0.1) is 0 Å². The Labute approximate surface area is 126 Å². The summed E-state index contributed by atoms with van der Waals surface area (Å²) in [5.74, 6) is -0.202. The molecule has 0 aromatic heterocycles. The van der Waals surface area contributed by atoms with Gasteiger partial charge in [0.05, 0.1) is 0 Å². The van der Waals surface area contributed by atoms with Gasteiger partial charge in [-0.3, -0.25) is 9.59 Å². The van der Waals surface area contributed by atoms with Crippen LogP contribution in [-0.2, 0) is 9.59 Å². The molecule has 0 spiro atoms. The highest BCUT2D eigenvalue weighted by atomic mass is 16.2. The van der Waals surface area contributed by atoms with E-state index in [0.29, 0.717) is 11.4 Å². The number of amides is 2. The van der Waals surface area contributed by atoms with Gasteiger partial charge in [-0.25, -0.2) is 0 Å². The van der Waals surface area contributed by atoms with Crippen LogP contribution in [0.2, 0.25) is 0 Å². The van der Waals surface area contributed by atoms with Crippen LogP contribution < -0.4 is 16.4 Å². The lowest BCUT2D eigenvalue weighted by molar-refractivity contribution is -0.123. The molecule has 1 rings (SSSR count). The fourth-order valence-electron chi connectivity index (χ4n) is 1.65. The standard InChI is InChI=1S/C16H25N3O2/c1-10-6-7-12(18-14(20)8-11(2)17)9-13(10)19-15(21)16(3,4)5/h6-7,9,11H,8,17H2,1-5H3,(H,18,20)(H,19,21). The van der Waals surface area contributed by atoms with E-state index in [1.165, 1.54) is 0 Å². The SMILES string of the molecule is Cc1ccc(NC(=O)CC(C)N)cc1NC(=O)C(C)(C)C. The van der Waals surface area contributed by atoms with Crippen molar-refractivity contribution < 1.29 is 9.59 Å². The number of hydrogen-bond acceptors (Lipinski definition) is 3. The second kappa shape index (κ2) is 6.72. The Morgan fingerprint density at radius 1 is 1.24 bits per heavy atom. The second-order valence-electron chi connectivity index (χ2n) is 6.46. The van der Waals surface area contributed by atoms with Crippen LogP contribution in [0.3, 0.4) is 0 Å². The summed E-state index contributed by atoms with van der Waals surface area (Å²) in [5, 5.41) is 5.67. The molecule has 0 heterocycles. The van der Waals surface area contributed by atoms with E-state index in [2.05, 4.69) is 10.6 Å². The highest BCUT2D eigenvalue weighted by Gasteiger charge is 2.21. The largest absolute Gasteiger partial charge is 0.327 e. The molecule has 0 fully saturated rings. The van der Waals surface area contributed by atoms with Gasteiger partial charge in [-0.05, 0) is 31.5 Å². The van der Waals surface area contributed by atoms with Gasteiger partial charge < -0.3 is 16.4 Å². The second-order valence-corrected chi connectivity index (χ2v) is 6.46. The lowest BCUT2D eigenvalue weighted by Crippen LogP contribution is -2.28. The summed E-state index contributed by atoms with van der Waals surface area (Å²) in [6, 6.07) is 5.24. The summed E-state index contributed by atoms with van der Waals surface area (Å²) in [7, 11) is 0. The molecule has 0 aliphatic heterocycles. The van der Waals surface area contributed by atoms with Crippen LogP contribution in [0.1, 0.15) is 39.7 Å². The van der Waals surface area contributed by atoms with Gasteiger partial charge in [0.2, 0.25) is 11.8 Å². The molecule has 1 atom stereocenters. The van der Waals surface area contributed by atoms with E-state index in [0.717, 1.165) is 5.56 Å². The fourth-order valence-corrected chi connectivity index (χ4v) is 1.65. The maximum absolute atomic E-state index is 12.1. The number of aryl methyl sites for hydroxylation is 1. The average molecular weight is 291 g/mol. The number of hydrogen-bond donors (Lipinski definition) is 3. The average Bonchev–Trinajstić information content (AvgIpc) is 2.31. The molecule has 0 saturated heterocycles. The van der Waals surface area contributed by atoms with Crippen molar-refractivity contribution >= 4 is 23.2 Å². The van der Waals surface area contributed by atoms with Gasteiger partial charge in [-0.2, -0.15) is 0 Å². The number of carbonyl (C=O) groups is 2. The first-order chi connectivity index (χ1) is 9.59. The zero-order chi connectivity index (χ0) is 16.2. The summed E-state index contributed by atoms with van der Waals surface area (Å²) >= 11 is 0. The lowest BCUT2D eigenvalue weighted by atomic mass is 9.95. The molecule has 21 heavy (non-hydrogen) atoms. The van der Waals surface area contributed by atoms with Crippen molar-refractivity contribution in [1.29, 1.82) is 0 Å². The van der Waals surface area contributed by atoms with E-state index in [-0.39, 0.29) is 24.3 Å². The van der Waals surface area contributed by atoms with Crippen molar-refractivity contribution in [3.63, 3.8) is 0 Å². The molecule has 5 heteroatoms. The van der Waals surface area contributed by atoms with E-state index >= 15 is 0 Å². The first-order valence-electron chi connectivity index (χ1n) is 7.07. The van der Waals surface area contributed by atoms with Crippen molar-refractivity contribution in [2.24, 2.45) is 11.1 Å². The van der Waals surface area contributed by atoms with Gasteiger partial charge in [0.15, 0.2) is 0 Å². The maximum Gasteiger partial charge on any atom is 0.229 e. The Bertz CT molecular complexity index is 531. The number of anilines is 2. The van der Waals surface area contributed by atoms with E-state index in [9.17, 15) is 9.59 Å². The zero-order valence-electron chi connectivity index (χ0n) is 13.4. The molecule has 0 bridgehead atoms. The minimum atomic E-state index is -0.472. The lowest BCUT2D eigenvalue weighted by Gasteiger charge is -2.19. The molecular formula is C16H25N3O2. The van der Waals surface area contributed by atoms with E-state index in [1.54, 1.807) is 19.1 Å². The first-order valence-corrected chi connectivity index (χ1v) is 7.07. The predicted molar refractivity (Wildman–Crippen MR) is 86.2 cm³/mol. The van der Waals surface area contributed by atoms with Crippen molar-refractivity contribution in [1.82, 2.24) is 0 Å². The minimum Gasteiger partial charge on any atom is -0.327 e.